The molecule has 0 aromatic heterocycles. The van der Waals surface area contributed by atoms with E-state index in [1.54, 1.807) is 0 Å². The van der Waals surface area contributed by atoms with E-state index in [1.165, 1.54) is 110 Å². The Morgan fingerprint density at radius 1 is 0.500 bits per heavy atom. The molecule has 0 aromatic rings. The summed E-state index contributed by atoms with van der Waals surface area (Å²) in [4.78, 5) is 2.54. The molecule has 0 saturated heterocycles. The third kappa shape index (κ3) is 16.3. The minimum absolute atomic E-state index is 0.870. The van der Waals surface area contributed by atoms with Crippen LogP contribution >= 0.6 is 0 Å². The predicted octanol–water partition coefficient (Wildman–Crippen LogP) is 5.75. The van der Waals surface area contributed by atoms with E-state index in [9.17, 15) is 0 Å². The monoisotopic (exact) mass is 312 g/mol. The molecule has 0 aromatic carbocycles. The van der Waals surface area contributed by atoms with Crippen molar-refractivity contribution in [2.45, 2.75) is 104 Å². The molecule has 0 saturated carbocycles. The second kappa shape index (κ2) is 19.0. The summed E-state index contributed by atoms with van der Waals surface area (Å²) >= 11 is 0. The molecule has 22 heavy (non-hydrogen) atoms. The summed E-state index contributed by atoms with van der Waals surface area (Å²) in [6, 6.07) is 0. The standard InChI is InChI=1S/C20H44N2/c1-3-22(4-2)20-18-16-14-12-10-8-6-5-7-9-11-13-15-17-19-21/h3-21H2,1-2H3. The Labute approximate surface area is 141 Å². The second-order valence-corrected chi connectivity index (χ2v) is 6.77. The maximum atomic E-state index is 5.50. The van der Waals surface area contributed by atoms with Crippen LogP contribution in [-0.4, -0.2) is 31.1 Å². The Hall–Kier alpha value is -0.0800. The molecule has 0 unspecified atom stereocenters. The summed E-state index contributed by atoms with van der Waals surface area (Å²) < 4.78 is 0. The van der Waals surface area contributed by atoms with Gasteiger partial charge in [-0.15, -0.1) is 0 Å². The normalized spacial score (nSPS) is 11.5. The SMILES string of the molecule is CCN(CC)CCCCCCCCCCCCCCCCN. The van der Waals surface area contributed by atoms with Gasteiger partial charge in [0.15, 0.2) is 0 Å². The van der Waals surface area contributed by atoms with Crippen molar-refractivity contribution in [1.82, 2.24) is 4.90 Å². The van der Waals surface area contributed by atoms with Gasteiger partial charge in [-0.1, -0.05) is 90.9 Å². The molecule has 0 heterocycles. The highest BCUT2D eigenvalue weighted by molar-refractivity contribution is 4.54. The van der Waals surface area contributed by atoms with E-state index in [2.05, 4.69) is 18.7 Å². The average molecular weight is 313 g/mol. The lowest BCUT2D eigenvalue weighted by Gasteiger charge is -2.17. The summed E-state index contributed by atoms with van der Waals surface area (Å²) in [5, 5.41) is 0. The van der Waals surface area contributed by atoms with Gasteiger partial charge < -0.3 is 10.6 Å². The number of nitrogens with zero attached hydrogens (tertiary/aromatic N) is 1. The van der Waals surface area contributed by atoms with Crippen molar-refractivity contribution in [2.24, 2.45) is 5.73 Å². The minimum Gasteiger partial charge on any atom is -0.330 e. The lowest BCUT2D eigenvalue weighted by atomic mass is 10.0. The van der Waals surface area contributed by atoms with Crippen LogP contribution < -0.4 is 5.73 Å². The van der Waals surface area contributed by atoms with E-state index in [0.29, 0.717) is 0 Å². The van der Waals surface area contributed by atoms with Crippen LogP contribution in [0, 0.1) is 0 Å². The van der Waals surface area contributed by atoms with Crippen molar-refractivity contribution >= 4 is 0 Å². The summed E-state index contributed by atoms with van der Waals surface area (Å²) in [6.45, 7) is 9.13. The average Bonchev–Trinajstić information content (AvgIpc) is 2.55. The fourth-order valence-electron chi connectivity index (χ4n) is 3.14. The topological polar surface area (TPSA) is 29.3 Å². The minimum atomic E-state index is 0.870. The molecule has 134 valence electrons. The highest BCUT2D eigenvalue weighted by Gasteiger charge is 1.98. The molecule has 2 nitrogen and oxygen atoms in total. The molecule has 2 N–H and O–H groups in total. The van der Waals surface area contributed by atoms with Gasteiger partial charge in [-0.3, -0.25) is 0 Å². The van der Waals surface area contributed by atoms with Crippen molar-refractivity contribution in [3.05, 3.63) is 0 Å². The molecule has 0 bridgehead atoms. The first-order chi connectivity index (χ1) is 10.8. The van der Waals surface area contributed by atoms with Crippen LogP contribution in [0.3, 0.4) is 0 Å². The van der Waals surface area contributed by atoms with Crippen LogP contribution in [0.4, 0.5) is 0 Å². The van der Waals surface area contributed by atoms with Crippen molar-refractivity contribution in [3.8, 4) is 0 Å². The second-order valence-electron chi connectivity index (χ2n) is 6.77. The van der Waals surface area contributed by atoms with Crippen molar-refractivity contribution in [2.75, 3.05) is 26.2 Å². The Balaban J connectivity index is 3.02. The van der Waals surface area contributed by atoms with Gasteiger partial charge in [0, 0.05) is 0 Å². The molecule has 0 spiro atoms. The third-order valence-electron chi connectivity index (χ3n) is 4.82. The fraction of sp³-hybridized carbons (Fsp3) is 1.00. The van der Waals surface area contributed by atoms with Crippen LogP contribution in [0.5, 0.6) is 0 Å². The fourth-order valence-corrected chi connectivity index (χ4v) is 3.14. The molecule has 2 heteroatoms. The van der Waals surface area contributed by atoms with Gasteiger partial charge in [-0.05, 0) is 39.0 Å². The lowest BCUT2D eigenvalue weighted by Crippen LogP contribution is -2.23. The zero-order valence-corrected chi connectivity index (χ0v) is 15.8. The largest absolute Gasteiger partial charge is 0.330 e. The van der Waals surface area contributed by atoms with Gasteiger partial charge in [0.2, 0.25) is 0 Å². The summed E-state index contributed by atoms with van der Waals surface area (Å²) in [5.74, 6) is 0. The smallest absolute Gasteiger partial charge is 0.00190 e. The molecule has 0 atom stereocenters. The highest BCUT2D eigenvalue weighted by atomic mass is 15.1. The molecule has 0 amide bonds. The maximum Gasteiger partial charge on any atom is -0.00190 e. The zero-order chi connectivity index (χ0) is 16.3. The van der Waals surface area contributed by atoms with Crippen molar-refractivity contribution in [3.63, 3.8) is 0 Å². The van der Waals surface area contributed by atoms with E-state index in [-0.39, 0.29) is 0 Å². The summed E-state index contributed by atoms with van der Waals surface area (Å²) in [5.41, 5.74) is 5.50. The van der Waals surface area contributed by atoms with Gasteiger partial charge in [-0.2, -0.15) is 0 Å². The van der Waals surface area contributed by atoms with Crippen LogP contribution in [0.25, 0.3) is 0 Å². The van der Waals surface area contributed by atoms with Crippen LogP contribution in [0.2, 0.25) is 0 Å². The molecule has 0 fully saturated rings. The number of nitrogens with two attached hydrogens (primary N) is 1. The van der Waals surface area contributed by atoms with Crippen LogP contribution in [-0.2, 0) is 0 Å². The van der Waals surface area contributed by atoms with Crippen molar-refractivity contribution in [1.29, 1.82) is 0 Å². The number of rotatable bonds is 18. The lowest BCUT2D eigenvalue weighted by molar-refractivity contribution is 0.295. The van der Waals surface area contributed by atoms with E-state index in [4.69, 9.17) is 5.73 Å². The Morgan fingerprint density at radius 2 is 0.818 bits per heavy atom. The predicted molar refractivity (Wildman–Crippen MR) is 101 cm³/mol. The molecule has 0 aliphatic carbocycles. The first-order valence-corrected chi connectivity index (χ1v) is 10.3. The Kier molecular flexibility index (Phi) is 18.9. The third-order valence-corrected chi connectivity index (χ3v) is 4.82. The van der Waals surface area contributed by atoms with E-state index < -0.39 is 0 Å². The molecular weight excluding hydrogens is 268 g/mol. The van der Waals surface area contributed by atoms with Gasteiger partial charge in [0.05, 0.1) is 0 Å². The number of hydrogen-bond donors (Lipinski definition) is 1. The summed E-state index contributed by atoms with van der Waals surface area (Å²) in [7, 11) is 0. The van der Waals surface area contributed by atoms with Crippen LogP contribution in [0.1, 0.15) is 104 Å². The molecule has 0 radical (unpaired) electrons. The maximum absolute atomic E-state index is 5.50. The molecular formula is C20H44N2. The Bertz CT molecular complexity index is 190. The summed E-state index contributed by atoms with van der Waals surface area (Å²) in [6.07, 6.45) is 19.8. The van der Waals surface area contributed by atoms with Gasteiger partial charge in [0.1, 0.15) is 0 Å². The van der Waals surface area contributed by atoms with Gasteiger partial charge >= 0.3 is 0 Å². The van der Waals surface area contributed by atoms with Crippen LogP contribution in [0.15, 0.2) is 0 Å². The van der Waals surface area contributed by atoms with Gasteiger partial charge in [-0.25, -0.2) is 0 Å². The molecule has 0 aliphatic heterocycles. The first-order valence-electron chi connectivity index (χ1n) is 10.3. The van der Waals surface area contributed by atoms with Gasteiger partial charge in [0.25, 0.3) is 0 Å². The Morgan fingerprint density at radius 3 is 1.14 bits per heavy atom. The van der Waals surface area contributed by atoms with E-state index in [0.717, 1.165) is 6.54 Å². The zero-order valence-electron chi connectivity index (χ0n) is 15.8. The number of hydrogen-bond acceptors (Lipinski definition) is 2. The quantitative estimate of drug-likeness (QED) is 0.327. The van der Waals surface area contributed by atoms with E-state index >= 15 is 0 Å². The van der Waals surface area contributed by atoms with E-state index in [1.807, 2.05) is 0 Å². The number of unbranched alkanes of at least 4 members (excludes halogenated alkanes) is 13. The first kappa shape index (κ1) is 21.9. The molecule has 0 aliphatic rings. The van der Waals surface area contributed by atoms with Crippen molar-refractivity contribution < 1.29 is 0 Å². The molecule has 0 rings (SSSR count). The highest BCUT2D eigenvalue weighted by Crippen LogP contribution is 2.13.